The van der Waals surface area contributed by atoms with Crippen molar-refractivity contribution < 1.29 is 13.2 Å². The quantitative estimate of drug-likeness (QED) is 0.919. The van der Waals surface area contributed by atoms with Gasteiger partial charge in [-0.1, -0.05) is 17.7 Å². The molecule has 2 rings (SSSR count). The summed E-state index contributed by atoms with van der Waals surface area (Å²) in [5.41, 5.74) is 2.59. The Hall–Kier alpha value is -1.11. The fourth-order valence-corrected chi connectivity index (χ4v) is 3.99. The SMILES string of the molecule is Cc1cc(C)c(N2CC(CS(N)(=O)=O)CC2=O)c(Cl)c1. The van der Waals surface area contributed by atoms with Crippen LogP contribution < -0.4 is 10.0 Å². The second-order valence-corrected chi connectivity index (χ2v) is 7.38. The number of nitrogens with zero attached hydrogens (tertiary/aromatic N) is 1. The van der Waals surface area contributed by atoms with Gasteiger partial charge < -0.3 is 4.90 Å². The zero-order chi connectivity index (χ0) is 15.1. The van der Waals surface area contributed by atoms with Crippen LogP contribution in [-0.2, 0) is 14.8 Å². The third-order valence-corrected chi connectivity index (χ3v) is 4.57. The first kappa shape index (κ1) is 15.3. The van der Waals surface area contributed by atoms with Crippen LogP contribution in [0.5, 0.6) is 0 Å². The highest BCUT2D eigenvalue weighted by Gasteiger charge is 2.34. The highest BCUT2D eigenvalue weighted by molar-refractivity contribution is 7.89. The molecule has 20 heavy (non-hydrogen) atoms. The molecule has 0 aromatic heterocycles. The number of benzene rings is 1. The lowest BCUT2D eigenvalue weighted by molar-refractivity contribution is -0.117. The number of carbonyl (C=O) groups excluding carboxylic acids is 1. The molecule has 7 heteroatoms. The van der Waals surface area contributed by atoms with E-state index in [2.05, 4.69) is 0 Å². The van der Waals surface area contributed by atoms with Crippen molar-refractivity contribution in [3.8, 4) is 0 Å². The van der Waals surface area contributed by atoms with Crippen molar-refractivity contribution in [2.45, 2.75) is 20.3 Å². The summed E-state index contributed by atoms with van der Waals surface area (Å²) in [4.78, 5) is 13.7. The Labute approximate surface area is 123 Å². The molecule has 1 heterocycles. The second-order valence-electron chi connectivity index (χ2n) is 5.32. The largest absolute Gasteiger partial charge is 0.310 e. The number of carbonyl (C=O) groups is 1. The number of halogens is 1. The van der Waals surface area contributed by atoms with Crippen LogP contribution in [-0.4, -0.2) is 26.6 Å². The Morgan fingerprint density at radius 2 is 2.05 bits per heavy atom. The molecule has 1 unspecified atom stereocenters. The molecule has 0 aliphatic carbocycles. The lowest BCUT2D eigenvalue weighted by Crippen LogP contribution is -2.28. The Morgan fingerprint density at radius 1 is 1.40 bits per heavy atom. The van der Waals surface area contributed by atoms with Gasteiger partial charge in [0.25, 0.3) is 0 Å². The summed E-state index contributed by atoms with van der Waals surface area (Å²) in [7, 11) is -3.58. The van der Waals surface area contributed by atoms with Crippen LogP contribution in [0.3, 0.4) is 0 Å². The van der Waals surface area contributed by atoms with Gasteiger partial charge in [0.2, 0.25) is 15.9 Å². The Morgan fingerprint density at radius 3 is 2.60 bits per heavy atom. The van der Waals surface area contributed by atoms with Gasteiger partial charge in [-0.05, 0) is 31.0 Å². The molecule has 110 valence electrons. The molecule has 0 bridgehead atoms. The number of hydrogen-bond acceptors (Lipinski definition) is 3. The molecule has 1 saturated heterocycles. The third-order valence-electron chi connectivity index (χ3n) is 3.34. The van der Waals surface area contributed by atoms with E-state index in [1.165, 1.54) is 0 Å². The Kier molecular flexibility index (Phi) is 4.09. The number of nitrogens with two attached hydrogens (primary N) is 1. The number of sulfonamides is 1. The standard InChI is InChI=1S/C13H17ClN2O3S/c1-8-3-9(2)13(11(14)4-8)16-6-10(5-12(16)17)7-20(15,18)19/h3-4,10H,5-7H2,1-2H3,(H2,15,18,19). The highest BCUT2D eigenvalue weighted by atomic mass is 35.5. The van der Waals surface area contributed by atoms with E-state index in [0.717, 1.165) is 11.1 Å². The monoisotopic (exact) mass is 316 g/mol. The van der Waals surface area contributed by atoms with Gasteiger partial charge in [0.05, 0.1) is 16.5 Å². The van der Waals surface area contributed by atoms with Crippen molar-refractivity contribution >= 4 is 33.2 Å². The van der Waals surface area contributed by atoms with E-state index < -0.39 is 10.0 Å². The molecule has 5 nitrogen and oxygen atoms in total. The van der Waals surface area contributed by atoms with Gasteiger partial charge in [-0.15, -0.1) is 0 Å². The average molecular weight is 317 g/mol. The zero-order valence-corrected chi connectivity index (χ0v) is 13.0. The number of anilines is 1. The van der Waals surface area contributed by atoms with E-state index in [1.54, 1.807) is 11.0 Å². The maximum Gasteiger partial charge on any atom is 0.227 e. The predicted molar refractivity (Wildman–Crippen MR) is 79.4 cm³/mol. The van der Waals surface area contributed by atoms with Gasteiger partial charge in [-0.25, -0.2) is 13.6 Å². The topological polar surface area (TPSA) is 80.5 Å². The molecular weight excluding hydrogens is 300 g/mol. The van der Waals surface area contributed by atoms with E-state index in [-0.39, 0.29) is 24.0 Å². The summed E-state index contributed by atoms with van der Waals surface area (Å²) in [6.07, 6.45) is 0.181. The lowest BCUT2D eigenvalue weighted by Gasteiger charge is -2.21. The molecule has 1 aliphatic rings. The van der Waals surface area contributed by atoms with Crippen molar-refractivity contribution in [2.24, 2.45) is 11.1 Å². The first-order valence-electron chi connectivity index (χ1n) is 6.25. The van der Waals surface area contributed by atoms with Crippen LogP contribution in [0.1, 0.15) is 17.5 Å². The van der Waals surface area contributed by atoms with Crippen molar-refractivity contribution in [1.82, 2.24) is 0 Å². The minimum absolute atomic E-state index is 0.118. The van der Waals surface area contributed by atoms with Gasteiger partial charge >= 0.3 is 0 Å². The van der Waals surface area contributed by atoms with Crippen molar-refractivity contribution in [2.75, 3.05) is 17.2 Å². The molecule has 1 aliphatic heterocycles. The second kappa shape index (κ2) is 5.35. The maximum absolute atomic E-state index is 12.1. The smallest absolute Gasteiger partial charge is 0.227 e. The molecule has 1 atom stereocenters. The van der Waals surface area contributed by atoms with Gasteiger partial charge in [0.15, 0.2) is 0 Å². The Bertz CT molecular complexity index is 635. The minimum atomic E-state index is -3.58. The van der Waals surface area contributed by atoms with Crippen LogP contribution in [0.2, 0.25) is 5.02 Å². The number of hydrogen-bond donors (Lipinski definition) is 1. The van der Waals surface area contributed by atoms with Crippen molar-refractivity contribution in [1.29, 1.82) is 0 Å². The number of primary sulfonamides is 1. The first-order valence-corrected chi connectivity index (χ1v) is 8.34. The van der Waals surface area contributed by atoms with Crippen LogP contribution in [0.4, 0.5) is 5.69 Å². The summed E-state index contributed by atoms with van der Waals surface area (Å²) >= 11 is 6.22. The normalized spacial score (nSPS) is 19.7. The van der Waals surface area contributed by atoms with E-state index in [4.69, 9.17) is 16.7 Å². The van der Waals surface area contributed by atoms with Crippen molar-refractivity contribution in [3.63, 3.8) is 0 Å². The third kappa shape index (κ3) is 3.31. The number of amides is 1. The maximum atomic E-state index is 12.1. The summed E-state index contributed by atoms with van der Waals surface area (Å²) < 4.78 is 22.3. The predicted octanol–water partition coefficient (Wildman–Crippen LogP) is 1.60. The van der Waals surface area contributed by atoms with E-state index in [0.29, 0.717) is 17.3 Å². The fraction of sp³-hybridized carbons (Fsp3) is 0.462. The minimum Gasteiger partial charge on any atom is -0.310 e. The van der Waals surface area contributed by atoms with Gasteiger partial charge in [-0.2, -0.15) is 0 Å². The molecule has 1 aromatic rings. The molecule has 1 aromatic carbocycles. The van der Waals surface area contributed by atoms with E-state index in [9.17, 15) is 13.2 Å². The lowest BCUT2D eigenvalue weighted by atomic mass is 10.1. The zero-order valence-electron chi connectivity index (χ0n) is 11.4. The first-order chi connectivity index (χ1) is 9.17. The number of rotatable bonds is 3. The summed E-state index contributed by atoms with van der Waals surface area (Å²) in [5, 5.41) is 5.55. The summed E-state index contributed by atoms with van der Waals surface area (Å²) in [5.74, 6) is -0.584. The Balaban J connectivity index is 2.29. The van der Waals surface area contributed by atoms with Gasteiger partial charge in [0.1, 0.15) is 0 Å². The van der Waals surface area contributed by atoms with Gasteiger partial charge in [-0.3, -0.25) is 4.79 Å². The van der Waals surface area contributed by atoms with E-state index >= 15 is 0 Å². The van der Waals surface area contributed by atoms with Gasteiger partial charge in [0, 0.05) is 18.9 Å². The summed E-state index contributed by atoms with van der Waals surface area (Å²) in [6.45, 7) is 4.14. The molecule has 0 spiro atoms. The molecule has 1 fully saturated rings. The average Bonchev–Trinajstić information content (AvgIpc) is 2.55. The molecule has 1 amide bonds. The van der Waals surface area contributed by atoms with E-state index in [1.807, 2.05) is 19.9 Å². The highest BCUT2D eigenvalue weighted by Crippen LogP contribution is 2.35. The van der Waals surface area contributed by atoms with Crippen LogP contribution in [0.15, 0.2) is 12.1 Å². The molecule has 0 radical (unpaired) electrons. The molecular formula is C13H17ClN2O3S. The molecule has 2 N–H and O–H groups in total. The fourth-order valence-electron chi connectivity index (χ4n) is 2.69. The summed E-state index contributed by atoms with van der Waals surface area (Å²) in [6, 6.07) is 3.74. The molecule has 0 saturated carbocycles. The number of aryl methyl sites for hydroxylation is 2. The van der Waals surface area contributed by atoms with Crippen molar-refractivity contribution in [3.05, 3.63) is 28.3 Å². The van der Waals surface area contributed by atoms with Crippen LogP contribution >= 0.6 is 11.6 Å². The van der Waals surface area contributed by atoms with Crippen LogP contribution in [0, 0.1) is 19.8 Å². The van der Waals surface area contributed by atoms with Crippen LogP contribution in [0.25, 0.3) is 0 Å².